The molecule has 0 aromatic heterocycles. The lowest BCUT2D eigenvalue weighted by Crippen LogP contribution is -2.55. The Morgan fingerprint density at radius 1 is 1.64 bits per heavy atom. The highest BCUT2D eigenvalue weighted by molar-refractivity contribution is 5.78. The molecule has 2 aliphatic heterocycles. The van der Waals surface area contributed by atoms with Gasteiger partial charge in [-0.3, -0.25) is 4.79 Å². The van der Waals surface area contributed by atoms with Gasteiger partial charge in [-0.15, -0.1) is 0 Å². The number of carbonyl (C=O) groups is 1. The zero-order valence-corrected chi connectivity index (χ0v) is 8.88. The van der Waals surface area contributed by atoms with Crippen molar-refractivity contribution >= 4 is 5.97 Å². The molecule has 0 radical (unpaired) electrons. The van der Waals surface area contributed by atoms with E-state index in [9.17, 15) is 4.79 Å². The first kappa shape index (κ1) is 9.93. The number of piperidine rings is 1. The van der Waals surface area contributed by atoms with Crippen molar-refractivity contribution in [3.63, 3.8) is 0 Å². The zero-order chi connectivity index (χ0) is 10.2. The number of nitrogens with one attached hydrogen (secondary N) is 1. The third kappa shape index (κ3) is 1.25. The van der Waals surface area contributed by atoms with E-state index in [0.29, 0.717) is 6.04 Å². The largest absolute Gasteiger partial charge is 0.469 e. The van der Waals surface area contributed by atoms with Crippen LogP contribution >= 0.6 is 0 Å². The van der Waals surface area contributed by atoms with Gasteiger partial charge in [0.25, 0.3) is 0 Å². The van der Waals surface area contributed by atoms with Crippen molar-refractivity contribution < 1.29 is 9.53 Å². The van der Waals surface area contributed by atoms with Crippen molar-refractivity contribution in [2.24, 2.45) is 5.41 Å². The van der Waals surface area contributed by atoms with Crippen molar-refractivity contribution in [1.82, 2.24) is 10.2 Å². The first-order valence-electron chi connectivity index (χ1n) is 5.20. The summed E-state index contributed by atoms with van der Waals surface area (Å²) in [6.07, 6.45) is 1.97. The van der Waals surface area contributed by atoms with E-state index in [-0.39, 0.29) is 11.4 Å². The standard InChI is InChI=1S/C10H18N2O2/c1-12-6-4-10(9(13)14-2)7-11-5-3-8(10)12/h8,11H,3-7H2,1-2H3. The molecule has 2 unspecified atom stereocenters. The summed E-state index contributed by atoms with van der Waals surface area (Å²) < 4.78 is 4.94. The first-order valence-corrected chi connectivity index (χ1v) is 5.20. The molecule has 0 amide bonds. The van der Waals surface area contributed by atoms with E-state index < -0.39 is 0 Å². The molecular weight excluding hydrogens is 180 g/mol. The highest BCUT2D eigenvalue weighted by Crippen LogP contribution is 2.40. The highest BCUT2D eigenvalue weighted by Gasteiger charge is 2.53. The third-order valence-electron chi connectivity index (χ3n) is 3.71. The molecule has 0 spiro atoms. The lowest BCUT2D eigenvalue weighted by atomic mass is 9.76. The lowest BCUT2D eigenvalue weighted by molar-refractivity contribution is -0.155. The van der Waals surface area contributed by atoms with E-state index in [2.05, 4.69) is 17.3 Å². The molecule has 0 aromatic rings. The quantitative estimate of drug-likeness (QED) is 0.595. The predicted molar refractivity (Wildman–Crippen MR) is 53.0 cm³/mol. The molecule has 2 atom stereocenters. The molecule has 0 saturated carbocycles. The van der Waals surface area contributed by atoms with Crippen molar-refractivity contribution in [3.05, 3.63) is 0 Å². The van der Waals surface area contributed by atoms with Crippen molar-refractivity contribution in [3.8, 4) is 0 Å². The Hall–Kier alpha value is -0.610. The summed E-state index contributed by atoms with van der Waals surface area (Å²) in [4.78, 5) is 14.1. The van der Waals surface area contributed by atoms with Crippen LogP contribution in [0.4, 0.5) is 0 Å². The first-order chi connectivity index (χ1) is 6.70. The number of rotatable bonds is 1. The second kappa shape index (κ2) is 3.51. The van der Waals surface area contributed by atoms with Gasteiger partial charge in [-0.05, 0) is 33.0 Å². The van der Waals surface area contributed by atoms with Crippen LogP contribution in [0.3, 0.4) is 0 Å². The molecule has 1 N–H and O–H groups in total. The Labute approximate surface area is 84.6 Å². The number of likely N-dealkylation sites (tertiary alicyclic amines) is 1. The number of carbonyl (C=O) groups excluding carboxylic acids is 1. The second-order valence-electron chi connectivity index (χ2n) is 4.36. The molecule has 2 fully saturated rings. The van der Waals surface area contributed by atoms with Crippen molar-refractivity contribution in [1.29, 1.82) is 0 Å². The van der Waals surface area contributed by atoms with Crippen LogP contribution in [0.25, 0.3) is 0 Å². The molecule has 2 rings (SSSR count). The van der Waals surface area contributed by atoms with Crippen LogP contribution in [0.5, 0.6) is 0 Å². The normalized spacial score (nSPS) is 38.0. The predicted octanol–water partition coefficient (Wildman–Crippen LogP) is -0.157. The molecule has 80 valence electrons. The molecule has 0 aromatic carbocycles. The van der Waals surface area contributed by atoms with Crippen molar-refractivity contribution in [2.75, 3.05) is 33.8 Å². The van der Waals surface area contributed by atoms with Gasteiger partial charge in [0.1, 0.15) is 0 Å². The van der Waals surface area contributed by atoms with Crippen LogP contribution in [-0.2, 0) is 9.53 Å². The number of hydrogen-bond acceptors (Lipinski definition) is 4. The summed E-state index contributed by atoms with van der Waals surface area (Å²) in [5.74, 6) is -0.0425. The fourth-order valence-corrected chi connectivity index (χ4v) is 2.89. The third-order valence-corrected chi connectivity index (χ3v) is 3.71. The van der Waals surface area contributed by atoms with E-state index >= 15 is 0 Å². The van der Waals surface area contributed by atoms with Crippen LogP contribution in [0.15, 0.2) is 0 Å². The number of ether oxygens (including phenoxy) is 1. The second-order valence-corrected chi connectivity index (χ2v) is 4.36. The van der Waals surface area contributed by atoms with Crippen LogP contribution in [0.2, 0.25) is 0 Å². The van der Waals surface area contributed by atoms with Gasteiger partial charge in [0.05, 0.1) is 12.5 Å². The lowest BCUT2D eigenvalue weighted by Gasteiger charge is -2.38. The molecule has 2 aliphatic rings. The average Bonchev–Trinajstić information content (AvgIpc) is 2.57. The topological polar surface area (TPSA) is 41.6 Å². The molecule has 2 saturated heterocycles. The van der Waals surface area contributed by atoms with E-state index in [4.69, 9.17) is 4.74 Å². The summed E-state index contributed by atoms with van der Waals surface area (Å²) in [6, 6.07) is 0.371. The van der Waals surface area contributed by atoms with Gasteiger partial charge >= 0.3 is 5.97 Å². The molecule has 4 heteroatoms. The van der Waals surface area contributed by atoms with Gasteiger partial charge in [0.15, 0.2) is 0 Å². The molecule has 0 bridgehead atoms. The van der Waals surface area contributed by atoms with E-state index in [1.165, 1.54) is 7.11 Å². The number of methoxy groups -OCH3 is 1. The van der Waals surface area contributed by atoms with Crippen LogP contribution in [0.1, 0.15) is 12.8 Å². The molecule has 0 aliphatic carbocycles. The average molecular weight is 198 g/mol. The molecule has 2 heterocycles. The zero-order valence-electron chi connectivity index (χ0n) is 8.88. The fraction of sp³-hybridized carbons (Fsp3) is 0.900. The van der Waals surface area contributed by atoms with E-state index in [0.717, 1.165) is 32.5 Å². The Morgan fingerprint density at radius 3 is 3.14 bits per heavy atom. The Kier molecular flexibility index (Phi) is 2.49. The SMILES string of the molecule is COC(=O)C12CCN(C)C1CCNC2. The molecular formula is C10H18N2O2. The highest BCUT2D eigenvalue weighted by atomic mass is 16.5. The molecule has 4 nitrogen and oxygen atoms in total. The summed E-state index contributed by atoms with van der Waals surface area (Å²) in [5, 5.41) is 3.31. The fourth-order valence-electron chi connectivity index (χ4n) is 2.89. The van der Waals surface area contributed by atoms with Gasteiger partial charge in [0, 0.05) is 12.6 Å². The maximum absolute atomic E-state index is 11.8. The Bertz CT molecular complexity index is 240. The van der Waals surface area contributed by atoms with Gasteiger partial charge in [-0.2, -0.15) is 0 Å². The molecule has 14 heavy (non-hydrogen) atoms. The minimum Gasteiger partial charge on any atom is -0.469 e. The minimum absolute atomic E-state index is 0.0425. The maximum Gasteiger partial charge on any atom is 0.314 e. The number of hydrogen-bond donors (Lipinski definition) is 1. The van der Waals surface area contributed by atoms with Crippen LogP contribution in [-0.4, -0.2) is 50.7 Å². The smallest absolute Gasteiger partial charge is 0.314 e. The van der Waals surface area contributed by atoms with E-state index in [1.807, 2.05) is 0 Å². The summed E-state index contributed by atoms with van der Waals surface area (Å²) in [6.45, 7) is 2.78. The van der Waals surface area contributed by atoms with Crippen LogP contribution in [0, 0.1) is 5.41 Å². The van der Waals surface area contributed by atoms with E-state index in [1.54, 1.807) is 0 Å². The summed E-state index contributed by atoms with van der Waals surface area (Å²) >= 11 is 0. The van der Waals surface area contributed by atoms with Gasteiger partial charge in [-0.1, -0.05) is 0 Å². The van der Waals surface area contributed by atoms with Crippen LogP contribution < -0.4 is 5.32 Å². The summed E-state index contributed by atoms with van der Waals surface area (Å²) in [7, 11) is 3.59. The Morgan fingerprint density at radius 2 is 2.43 bits per heavy atom. The Balaban J connectivity index is 2.24. The minimum atomic E-state index is -0.276. The van der Waals surface area contributed by atoms with Gasteiger partial charge in [-0.25, -0.2) is 0 Å². The van der Waals surface area contributed by atoms with Crippen molar-refractivity contribution in [2.45, 2.75) is 18.9 Å². The van der Waals surface area contributed by atoms with Gasteiger partial charge in [0.2, 0.25) is 0 Å². The number of fused-ring (bicyclic) bond motifs is 1. The number of nitrogens with zero attached hydrogens (tertiary/aromatic N) is 1. The monoisotopic (exact) mass is 198 g/mol. The maximum atomic E-state index is 11.8. The summed E-state index contributed by atoms with van der Waals surface area (Å²) in [5.41, 5.74) is -0.276. The van der Waals surface area contributed by atoms with Gasteiger partial charge < -0.3 is 15.0 Å². The number of esters is 1.